The fourth-order valence-corrected chi connectivity index (χ4v) is 4.28. The van der Waals surface area contributed by atoms with Gasteiger partial charge in [-0.1, -0.05) is 26.0 Å². The molecule has 1 aliphatic heterocycles. The van der Waals surface area contributed by atoms with Gasteiger partial charge in [0.1, 0.15) is 30.0 Å². The molecule has 2 rings (SSSR count). The van der Waals surface area contributed by atoms with Crippen LogP contribution in [0.5, 0.6) is 0 Å². The summed E-state index contributed by atoms with van der Waals surface area (Å²) in [6.07, 6.45) is -5.14. The van der Waals surface area contributed by atoms with E-state index < -0.39 is 66.1 Å². The molecule has 0 aromatic rings. The maximum Gasteiger partial charge on any atom is 0.187 e. The van der Waals surface area contributed by atoms with E-state index in [2.05, 4.69) is 0 Å². The van der Waals surface area contributed by atoms with Crippen molar-refractivity contribution < 1.29 is 45.2 Å². The Hall–Kier alpha value is -0.620. The molecule has 0 bridgehead atoms. The van der Waals surface area contributed by atoms with Crippen molar-refractivity contribution in [3.63, 3.8) is 0 Å². The average molecular weight is 406 g/mol. The van der Waals surface area contributed by atoms with Crippen LogP contribution in [0, 0.1) is 5.41 Å². The zero-order valence-electron chi connectivity index (χ0n) is 16.8. The molecule has 0 aromatic heterocycles. The van der Waals surface area contributed by atoms with Crippen LogP contribution in [0.4, 0.5) is 0 Å². The van der Waals surface area contributed by atoms with Gasteiger partial charge >= 0.3 is 0 Å². The summed E-state index contributed by atoms with van der Waals surface area (Å²) >= 11 is 0. The van der Waals surface area contributed by atoms with Crippen LogP contribution in [-0.2, 0) is 9.47 Å². The number of rotatable bonds is 5. The Labute approximate surface area is 164 Å². The second-order valence-electron chi connectivity index (χ2n) is 8.88. The highest BCUT2D eigenvalue weighted by molar-refractivity contribution is 5.21. The summed E-state index contributed by atoms with van der Waals surface area (Å²) in [5, 5.41) is 70.9. The van der Waals surface area contributed by atoms with Gasteiger partial charge < -0.3 is 45.2 Å². The molecule has 9 atom stereocenters. The Morgan fingerprint density at radius 3 is 2.18 bits per heavy atom. The number of aliphatic hydroxyl groups is 7. The standard InChI is InChI=1S/C19H34O9/c1-10(27-16-15(24)14(23)13(22)12(9-20)28-16)5-6-19(26)17(2,3)7-11(21)8-18(19,4)25/h5-6,10-16,20-26H,7-9H2,1-4H3/b6-5+/t10-,11+,12-,13-,14+,15-,16-,18-,19-/m1/s1. The van der Waals surface area contributed by atoms with Crippen molar-refractivity contribution in [3.8, 4) is 0 Å². The van der Waals surface area contributed by atoms with E-state index in [4.69, 9.17) is 9.47 Å². The largest absolute Gasteiger partial charge is 0.394 e. The quantitative estimate of drug-likeness (QED) is 0.267. The molecule has 0 unspecified atom stereocenters. The van der Waals surface area contributed by atoms with Gasteiger partial charge in [-0.05, 0) is 20.3 Å². The van der Waals surface area contributed by atoms with Gasteiger partial charge in [0.25, 0.3) is 0 Å². The van der Waals surface area contributed by atoms with E-state index in [0.29, 0.717) is 6.42 Å². The Morgan fingerprint density at radius 2 is 1.64 bits per heavy atom. The van der Waals surface area contributed by atoms with Crippen LogP contribution >= 0.6 is 0 Å². The topological polar surface area (TPSA) is 160 Å². The Kier molecular flexibility index (Phi) is 6.97. The van der Waals surface area contributed by atoms with Crippen molar-refractivity contribution in [1.29, 1.82) is 0 Å². The smallest absolute Gasteiger partial charge is 0.187 e. The molecule has 0 aromatic carbocycles. The number of ether oxygens (including phenoxy) is 2. The second kappa shape index (κ2) is 8.25. The lowest BCUT2D eigenvalue weighted by molar-refractivity contribution is -0.306. The van der Waals surface area contributed by atoms with Crippen LogP contribution < -0.4 is 0 Å². The predicted molar refractivity (Wildman–Crippen MR) is 98.0 cm³/mol. The monoisotopic (exact) mass is 406 g/mol. The maximum atomic E-state index is 11.2. The lowest BCUT2D eigenvalue weighted by Gasteiger charge is -2.55. The Balaban J connectivity index is 2.13. The molecule has 7 N–H and O–H groups in total. The van der Waals surface area contributed by atoms with Gasteiger partial charge in [-0.25, -0.2) is 0 Å². The first-order chi connectivity index (χ1) is 12.8. The van der Waals surface area contributed by atoms with Gasteiger partial charge in [0.05, 0.1) is 24.4 Å². The van der Waals surface area contributed by atoms with E-state index in [1.54, 1.807) is 20.8 Å². The third kappa shape index (κ3) is 4.28. The second-order valence-corrected chi connectivity index (χ2v) is 8.88. The van der Waals surface area contributed by atoms with Crippen molar-refractivity contribution in [2.75, 3.05) is 6.61 Å². The number of aliphatic hydroxyl groups excluding tert-OH is 5. The molecule has 9 nitrogen and oxygen atoms in total. The third-order valence-electron chi connectivity index (χ3n) is 6.04. The van der Waals surface area contributed by atoms with Gasteiger partial charge in [-0.2, -0.15) is 0 Å². The molecular formula is C19H34O9. The molecule has 1 heterocycles. The summed E-state index contributed by atoms with van der Waals surface area (Å²) in [5.74, 6) is 0. The van der Waals surface area contributed by atoms with Crippen LogP contribution in [0.25, 0.3) is 0 Å². The summed E-state index contributed by atoms with van der Waals surface area (Å²) in [7, 11) is 0. The summed E-state index contributed by atoms with van der Waals surface area (Å²) in [5.41, 5.74) is -4.05. The molecule has 9 heteroatoms. The van der Waals surface area contributed by atoms with E-state index >= 15 is 0 Å². The summed E-state index contributed by atoms with van der Waals surface area (Å²) in [6.45, 7) is 6.01. The molecule has 0 spiro atoms. The minimum Gasteiger partial charge on any atom is -0.394 e. The van der Waals surface area contributed by atoms with Gasteiger partial charge in [-0.3, -0.25) is 0 Å². The lowest BCUT2D eigenvalue weighted by Crippen LogP contribution is -2.65. The van der Waals surface area contributed by atoms with Crippen molar-refractivity contribution >= 4 is 0 Å². The van der Waals surface area contributed by atoms with Crippen molar-refractivity contribution in [3.05, 3.63) is 12.2 Å². The lowest BCUT2D eigenvalue weighted by atomic mass is 9.57. The first-order valence-electron chi connectivity index (χ1n) is 9.54. The molecular weight excluding hydrogens is 372 g/mol. The van der Waals surface area contributed by atoms with E-state index in [1.807, 2.05) is 0 Å². The molecule has 28 heavy (non-hydrogen) atoms. The maximum absolute atomic E-state index is 11.2. The molecule has 0 amide bonds. The zero-order chi connectivity index (χ0) is 21.5. The molecule has 1 aliphatic carbocycles. The Bertz CT molecular complexity index is 542. The predicted octanol–water partition coefficient (Wildman–Crippen LogP) is -1.59. The van der Waals surface area contributed by atoms with Crippen molar-refractivity contribution in [2.24, 2.45) is 5.41 Å². The SMILES string of the molecule is C[C@H](/C=C/[C@@]1(O)C(C)(C)C[C@H](O)C[C@@]1(C)O)O[C@@H]1O[C@H](CO)[C@@H](O)[C@H](O)[C@H]1O. The fourth-order valence-electron chi connectivity index (χ4n) is 4.28. The van der Waals surface area contributed by atoms with Gasteiger partial charge in [0.15, 0.2) is 6.29 Å². The molecule has 2 fully saturated rings. The minimum atomic E-state index is -1.65. The summed E-state index contributed by atoms with van der Waals surface area (Å²) < 4.78 is 10.9. The highest BCUT2D eigenvalue weighted by atomic mass is 16.7. The average Bonchev–Trinajstić information content (AvgIpc) is 2.57. The van der Waals surface area contributed by atoms with Crippen molar-refractivity contribution in [1.82, 2.24) is 0 Å². The van der Waals surface area contributed by atoms with Gasteiger partial charge in [0, 0.05) is 11.8 Å². The van der Waals surface area contributed by atoms with Crippen LogP contribution in [0.15, 0.2) is 12.2 Å². The minimum absolute atomic E-state index is 0.0131. The number of hydrogen-bond acceptors (Lipinski definition) is 9. The highest BCUT2D eigenvalue weighted by Gasteiger charge is 2.58. The zero-order valence-corrected chi connectivity index (χ0v) is 16.8. The van der Waals surface area contributed by atoms with Gasteiger partial charge in [0.2, 0.25) is 0 Å². The van der Waals surface area contributed by atoms with Crippen LogP contribution in [0.1, 0.15) is 40.5 Å². The molecule has 164 valence electrons. The molecule has 0 radical (unpaired) electrons. The van der Waals surface area contributed by atoms with E-state index in [0.717, 1.165) is 0 Å². The molecule has 2 aliphatic rings. The molecule has 1 saturated heterocycles. The highest BCUT2D eigenvalue weighted by Crippen LogP contribution is 2.50. The fraction of sp³-hybridized carbons (Fsp3) is 0.895. The van der Waals surface area contributed by atoms with E-state index in [-0.39, 0.29) is 6.42 Å². The van der Waals surface area contributed by atoms with Crippen LogP contribution in [0.2, 0.25) is 0 Å². The van der Waals surface area contributed by atoms with Crippen LogP contribution in [0.3, 0.4) is 0 Å². The normalized spacial score (nSPS) is 48.0. The number of hydrogen-bond donors (Lipinski definition) is 7. The molecule has 1 saturated carbocycles. The van der Waals surface area contributed by atoms with Gasteiger partial charge in [-0.15, -0.1) is 0 Å². The third-order valence-corrected chi connectivity index (χ3v) is 6.04. The summed E-state index contributed by atoms with van der Waals surface area (Å²) in [4.78, 5) is 0. The summed E-state index contributed by atoms with van der Waals surface area (Å²) in [6, 6.07) is 0. The first-order valence-corrected chi connectivity index (χ1v) is 9.54. The van der Waals surface area contributed by atoms with E-state index in [9.17, 15) is 35.7 Å². The van der Waals surface area contributed by atoms with E-state index in [1.165, 1.54) is 19.1 Å². The first kappa shape index (κ1) is 23.7. The van der Waals surface area contributed by atoms with Crippen LogP contribution in [-0.4, -0.2) is 96.5 Å². The Morgan fingerprint density at radius 1 is 1.04 bits per heavy atom. The van der Waals surface area contributed by atoms with Crippen molar-refractivity contribution in [2.45, 2.75) is 94.7 Å².